The number of terminal acetylenes is 1. The quantitative estimate of drug-likeness (QED) is 0.628. The molecule has 0 aliphatic rings. The fourth-order valence-electron chi connectivity index (χ4n) is 1.06. The molecule has 0 unspecified atom stereocenters. The fraction of sp³-hybridized carbons (Fsp3) is 0.412. The van der Waals surface area contributed by atoms with Crippen LogP contribution in [0.3, 0.4) is 0 Å². The van der Waals surface area contributed by atoms with Crippen LogP contribution in [0.4, 0.5) is 5.69 Å². The number of rotatable bonds is 2. The largest absolute Gasteiger partial charge is 0.398 e. The Bertz CT molecular complexity index is 473. The number of benzene rings is 1. The van der Waals surface area contributed by atoms with Crippen LogP contribution in [-0.2, 0) is 0 Å². The molecular weight excluding hydrogens is 234 g/mol. The standard InChI is InChI=1S/C9H11N.C8H14O/c1-7(2)8-5-3-4-6-9(8)10;1-6-7(2,3)8(4,5)9/h3-6H,1,10H2,2H3;1,9H,2-5H3. The van der Waals surface area contributed by atoms with Gasteiger partial charge in [0.15, 0.2) is 0 Å². The van der Waals surface area contributed by atoms with Gasteiger partial charge < -0.3 is 10.8 Å². The molecule has 104 valence electrons. The van der Waals surface area contributed by atoms with Gasteiger partial charge in [-0.25, -0.2) is 0 Å². The maximum atomic E-state index is 9.40. The van der Waals surface area contributed by atoms with Crippen molar-refractivity contribution in [1.82, 2.24) is 0 Å². The average Bonchev–Trinajstić information content (AvgIpc) is 2.28. The maximum absolute atomic E-state index is 9.40. The van der Waals surface area contributed by atoms with Crippen molar-refractivity contribution in [2.45, 2.75) is 40.2 Å². The Balaban J connectivity index is 0.000000344. The lowest BCUT2D eigenvalue weighted by molar-refractivity contribution is -0.00206. The zero-order chi connectivity index (χ0) is 15.3. The van der Waals surface area contributed by atoms with Gasteiger partial charge in [0, 0.05) is 5.69 Å². The molecule has 0 aliphatic carbocycles. The first kappa shape index (κ1) is 17.3. The topological polar surface area (TPSA) is 46.2 Å². The molecule has 1 aromatic carbocycles. The number of nitrogen functional groups attached to an aromatic ring is 1. The normalized spacial score (nSPS) is 11.0. The van der Waals surface area contributed by atoms with E-state index in [1.807, 2.05) is 45.0 Å². The second-order valence-corrected chi connectivity index (χ2v) is 5.70. The van der Waals surface area contributed by atoms with E-state index in [4.69, 9.17) is 12.2 Å². The third kappa shape index (κ3) is 5.19. The summed E-state index contributed by atoms with van der Waals surface area (Å²) in [6.07, 6.45) is 5.18. The van der Waals surface area contributed by atoms with Crippen molar-refractivity contribution in [2.75, 3.05) is 5.73 Å². The van der Waals surface area contributed by atoms with Crippen molar-refractivity contribution >= 4 is 11.3 Å². The summed E-state index contributed by atoms with van der Waals surface area (Å²) < 4.78 is 0. The summed E-state index contributed by atoms with van der Waals surface area (Å²) in [6.45, 7) is 12.9. The lowest BCUT2D eigenvalue weighted by atomic mass is 9.78. The van der Waals surface area contributed by atoms with Crippen molar-refractivity contribution < 1.29 is 5.11 Å². The molecule has 0 amide bonds. The maximum Gasteiger partial charge on any atom is 0.0751 e. The Morgan fingerprint density at radius 1 is 1.26 bits per heavy atom. The minimum absolute atomic E-state index is 0.438. The van der Waals surface area contributed by atoms with Crippen molar-refractivity contribution in [3.63, 3.8) is 0 Å². The Morgan fingerprint density at radius 3 is 1.95 bits per heavy atom. The molecule has 0 aliphatic heterocycles. The average molecular weight is 259 g/mol. The summed E-state index contributed by atoms with van der Waals surface area (Å²) in [5, 5.41) is 9.40. The van der Waals surface area contributed by atoms with E-state index in [0.717, 1.165) is 16.8 Å². The van der Waals surface area contributed by atoms with E-state index in [1.54, 1.807) is 13.8 Å². The van der Waals surface area contributed by atoms with Crippen molar-refractivity contribution in [3.05, 3.63) is 36.4 Å². The van der Waals surface area contributed by atoms with Crippen LogP contribution in [0.5, 0.6) is 0 Å². The highest BCUT2D eigenvalue weighted by Gasteiger charge is 2.32. The van der Waals surface area contributed by atoms with E-state index in [-0.39, 0.29) is 0 Å². The summed E-state index contributed by atoms with van der Waals surface area (Å²) in [5.41, 5.74) is 7.29. The number of anilines is 1. The molecule has 0 fully saturated rings. The first-order chi connectivity index (χ1) is 8.53. The van der Waals surface area contributed by atoms with E-state index < -0.39 is 11.0 Å². The predicted molar refractivity (Wildman–Crippen MR) is 84.5 cm³/mol. The van der Waals surface area contributed by atoms with Gasteiger partial charge in [-0.2, -0.15) is 0 Å². The molecule has 3 N–H and O–H groups in total. The molecular formula is C17H25NO. The Morgan fingerprint density at radius 2 is 1.74 bits per heavy atom. The number of hydrogen-bond donors (Lipinski definition) is 2. The number of allylic oxidation sites excluding steroid dienone is 1. The number of para-hydroxylation sites is 1. The first-order valence-corrected chi connectivity index (χ1v) is 6.23. The van der Waals surface area contributed by atoms with Crippen LogP contribution in [0, 0.1) is 17.8 Å². The molecule has 0 aromatic heterocycles. The molecule has 0 radical (unpaired) electrons. The van der Waals surface area contributed by atoms with Crippen molar-refractivity contribution in [3.8, 4) is 12.3 Å². The first-order valence-electron chi connectivity index (χ1n) is 6.23. The van der Waals surface area contributed by atoms with Gasteiger partial charge in [0.25, 0.3) is 0 Å². The molecule has 0 atom stereocenters. The van der Waals surface area contributed by atoms with Gasteiger partial charge in [0.05, 0.1) is 11.0 Å². The Kier molecular flexibility index (Phi) is 5.86. The van der Waals surface area contributed by atoms with Gasteiger partial charge in [-0.3, -0.25) is 0 Å². The highest BCUT2D eigenvalue weighted by atomic mass is 16.3. The van der Waals surface area contributed by atoms with Crippen LogP contribution in [0.1, 0.15) is 40.2 Å². The monoisotopic (exact) mass is 259 g/mol. The van der Waals surface area contributed by atoms with Gasteiger partial charge in [0.2, 0.25) is 0 Å². The summed E-state index contributed by atoms with van der Waals surface area (Å²) in [7, 11) is 0. The molecule has 2 nitrogen and oxygen atoms in total. The minimum atomic E-state index is -0.790. The van der Waals surface area contributed by atoms with Gasteiger partial charge in [-0.05, 0) is 51.8 Å². The summed E-state index contributed by atoms with van der Waals surface area (Å²) >= 11 is 0. The van der Waals surface area contributed by atoms with Crippen molar-refractivity contribution in [1.29, 1.82) is 0 Å². The molecule has 0 saturated carbocycles. The molecule has 0 saturated heterocycles. The van der Waals surface area contributed by atoms with Gasteiger partial charge in [0.1, 0.15) is 0 Å². The zero-order valence-electron chi connectivity index (χ0n) is 12.6. The van der Waals surface area contributed by atoms with Gasteiger partial charge in [-0.1, -0.05) is 30.7 Å². The third-order valence-corrected chi connectivity index (χ3v) is 3.31. The number of hydrogen-bond acceptors (Lipinski definition) is 2. The van der Waals surface area contributed by atoms with Crippen molar-refractivity contribution in [2.24, 2.45) is 5.41 Å². The second-order valence-electron chi connectivity index (χ2n) is 5.70. The lowest BCUT2D eigenvalue weighted by Gasteiger charge is -2.31. The van der Waals surface area contributed by atoms with Crippen LogP contribution in [0.25, 0.3) is 5.57 Å². The molecule has 0 spiro atoms. The van der Waals surface area contributed by atoms with E-state index in [1.165, 1.54) is 0 Å². The molecule has 1 aromatic rings. The van der Waals surface area contributed by atoms with Crippen LogP contribution in [0.15, 0.2) is 30.8 Å². The zero-order valence-corrected chi connectivity index (χ0v) is 12.6. The Hall–Kier alpha value is -1.72. The molecule has 2 heteroatoms. The summed E-state index contributed by atoms with van der Waals surface area (Å²) in [5.74, 6) is 2.53. The summed E-state index contributed by atoms with van der Waals surface area (Å²) in [4.78, 5) is 0. The second kappa shape index (κ2) is 6.45. The minimum Gasteiger partial charge on any atom is -0.398 e. The molecule has 19 heavy (non-hydrogen) atoms. The van der Waals surface area contributed by atoms with E-state index in [9.17, 15) is 5.11 Å². The molecule has 1 rings (SSSR count). The third-order valence-electron chi connectivity index (χ3n) is 3.31. The van der Waals surface area contributed by atoms with E-state index >= 15 is 0 Å². The highest BCUT2D eigenvalue weighted by molar-refractivity contribution is 5.71. The van der Waals surface area contributed by atoms with Gasteiger partial charge in [-0.15, -0.1) is 6.42 Å². The molecule has 0 heterocycles. The predicted octanol–water partition coefficient (Wildman–Crippen LogP) is 3.72. The van der Waals surface area contributed by atoms with Crippen LogP contribution in [0.2, 0.25) is 0 Å². The van der Waals surface area contributed by atoms with E-state index in [2.05, 4.69) is 12.5 Å². The molecule has 0 bridgehead atoms. The number of nitrogens with two attached hydrogens (primary N) is 1. The van der Waals surface area contributed by atoms with Gasteiger partial charge >= 0.3 is 0 Å². The van der Waals surface area contributed by atoms with Crippen LogP contribution in [-0.4, -0.2) is 10.7 Å². The highest BCUT2D eigenvalue weighted by Crippen LogP contribution is 2.28. The van der Waals surface area contributed by atoms with Crippen LogP contribution < -0.4 is 5.73 Å². The number of aliphatic hydroxyl groups is 1. The fourth-order valence-corrected chi connectivity index (χ4v) is 1.06. The SMILES string of the molecule is C#CC(C)(C)C(C)(C)O.C=C(C)c1ccccc1N. The smallest absolute Gasteiger partial charge is 0.0751 e. The lowest BCUT2D eigenvalue weighted by Crippen LogP contribution is -2.37. The van der Waals surface area contributed by atoms with E-state index in [0.29, 0.717) is 0 Å². The van der Waals surface area contributed by atoms with Crippen LogP contribution >= 0.6 is 0 Å². The summed E-state index contributed by atoms with van der Waals surface area (Å²) in [6, 6.07) is 7.73. The Labute approximate surface area is 117 Å².